The minimum absolute atomic E-state index is 0.136. The number of benzene rings is 2. The number of carbonyl (C=O) groups is 2. The molecule has 1 aliphatic rings. The number of amides is 1. The maximum Gasteiger partial charge on any atom is 0.338 e. The number of ether oxygens (including phenoxy) is 3. The highest BCUT2D eigenvalue weighted by molar-refractivity contribution is 5.97. The van der Waals surface area contributed by atoms with Crippen LogP contribution in [0, 0.1) is 0 Å². The average molecular weight is 426 g/mol. The van der Waals surface area contributed by atoms with Crippen LogP contribution in [0.1, 0.15) is 56.3 Å². The summed E-state index contributed by atoms with van der Waals surface area (Å²) in [6.45, 7) is 4.39. The smallest absolute Gasteiger partial charge is 0.338 e. The van der Waals surface area contributed by atoms with Crippen molar-refractivity contribution in [2.24, 2.45) is 0 Å². The summed E-state index contributed by atoms with van der Waals surface area (Å²) in [6, 6.07) is 14.6. The molecule has 0 heterocycles. The summed E-state index contributed by atoms with van der Waals surface area (Å²) in [7, 11) is 0. The molecule has 0 aromatic heterocycles. The summed E-state index contributed by atoms with van der Waals surface area (Å²) in [6.07, 6.45) is 5.33. The number of para-hydroxylation sites is 1. The molecule has 31 heavy (non-hydrogen) atoms. The molecule has 6 nitrogen and oxygen atoms in total. The molecule has 1 amide bonds. The lowest BCUT2D eigenvalue weighted by atomic mass is 9.93. The highest BCUT2D eigenvalue weighted by Gasteiger charge is 2.27. The largest absolute Gasteiger partial charge is 0.490 e. The van der Waals surface area contributed by atoms with E-state index in [4.69, 9.17) is 14.2 Å². The first kappa shape index (κ1) is 22.7. The first-order valence-electron chi connectivity index (χ1n) is 11.1. The molecule has 0 spiro atoms. The molecule has 166 valence electrons. The molecule has 0 unspecified atom stereocenters. The van der Waals surface area contributed by atoms with Crippen molar-refractivity contribution in [3.63, 3.8) is 0 Å². The normalized spacial score (nSPS) is 14.0. The van der Waals surface area contributed by atoms with Gasteiger partial charge < -0.3 is 19.1 Å². The van der Waals surface area contributed by atoms with E-state index in [0.717, 1.165) is 31.4 Å². The SMILES string of the molecule is CCOc1ccc(C(=O)OCC(=O)N(c2ccccc2)C2CCCCC2)cc1OCC. The number of nitrogens with zero attached hydrogens (tertiary/aromatic N) is 1. The molecular weight excluding hydrogens is 394 g/mol. The maximum atomic E-state index is 13.1. The van der Waals surface area contributed by atoms with Crippen molar-refractivity contribution >= 4 is 17.6 Å². The predicted molar refractivity (Wildman–Crippen MR) is 120 cm³/mol. The van der Waals surface area contributed by atoms with Crippen LogP contribution in [0.3, 0.4) is 0 Å². The van der Waals surface area contributed by atoms with Crippen LogP contribution in [0.4, 0.5) is 5.69 Å². The molecular formula is C25H31NO5. The highest BCUT2D eigenvalue weighted by Crippen LogP contribution is 2.30. The van der Waals surface area contributed by atoms with E-state index in [9.17, 15) is 9.59 Å². The van der Waals surface area contributed by atoms with Crippen LogP contribution in [0.2, 0.25) is 0 Å². The van der Waals surface area contributed by atoms with Gasteiger partial charge >= 0.3 is 5.97 Å². The third kappa shape index (κ3) is 6.00. The van der Waals surface area contributed by atoms with Gasteiger partial charge in [0.25, 0.3) is 5.91 Å². The van der Waals surface area contributed by atoms with Gasteiger partial charge in [0.15, 0.2) is 18.1 Å². The van der Waals surface area contributed by atoms with Crippen LogP contribution in [-0.4, -0.2) is 37.7 Å². The molecule has 0 atom stereocenters. The van der Waals surface area contributed by atoms with Crippen LogP contribution in [0.5, 0.6) is 11.5 Å². The minimum atomic E-state index is -0.561. The molecule has 1 fully saturated rings. The number of anilines is 1. The summed E-state index contributed by atoms with van der Waals surface area (Å²) in [5, 5.41) is 0. The zero-order chi connectivity index (χ0) is 22.1. The van der Waals surface area contributed by atoms with Crippen LogP contribution >= 0.6 is 0 Å². The molecule has 3 rings (SSSR count). The van der Waals surface area contributed by atoms with E-state index < -0.39 is 5.97 Å². The van der Waals surface area contributed by atoms with Crippen molar-refractivity contribution in [1.82, 2.24) is 0 Å². The van der Waals surface area contributed by atoms with Gasteiger partial charge in [0.1, 0.15) is 0 Å². The Morgan fingerprint density at radius 2 is 1.58 bits per heavy atom. The Kier molecular flexibility index (Phi) is 8.33. The maximum absolute atomic E-state index is 13.1. The lowest BCUT2D eigenvalue weighted by molar-refractivity contribution is -0.122. The lowest BCUT2D eigenvalue weighted by Gasteiger charge is -2.34. The lowest BCUT2D eigenvalue weighted by Crippen LogP contribution is -2.43. The fraction of sp³-hybridized carbons (Fsp3) is 0.440. The topological polar surface area (TPSA) is 65.1 Å². The zero-order valence-electron chi connectivity index (χ0n) is 18.3. The Bertz CT molecular complexity index is 861. The zero-order valence-corrected chi connectivity index (χ0v) is 18.3. The van der Waals surface area contributed by atoms with E-state index in [1.165, 1.54) is 6.42 Å². The van der Waals surface area contributed by atoms with E-state index in [2.05, 4.69) is 0 Å². The van der Waals surface area contributed by atoms with Crippen molar-refractivity contribution in [2.45, 2.75) is 52.0 Å². The molecule has 0 aliphatic heterocycles. The average Bonchev–Trinajstić information content (AvgIpc) is 2.80. The molecule has 0 radical (unpaired) electrons. The Morgan fingerprint density at radius 1 is 0.903 bits per heavy atom. The quantitative estimate of drug-likeness (QED) is 0.529. The van der Waals surface area contributed by atoms with Gasteiger partial charge in [-0.15, -0.1) is 0 Å². The first-order valence-corrected chi connectivity index (χ1v) is 11.1. The van der Waals surface area contributed by atoms with Crippen LogP contribution in [0.15, 0.2) is 48.5 Å². The molecule has 6 heteroatoms. The minimum Gasteiger partial charge on any atom is -0.490 e. The van der Waals surface area contributed by atoms with Crippen LogP contribution in [0.25, 0.3) is 0 Å². The van der Waals surface area contributed by atoms with E-state index >= 15 is 0 Å². The summed E-state index contributed by atoms with van der Waals surface area (Å²) < 4.78 is 16.5. The molecule has 0 N–H and O–H groups in total. The van der Waals surface area contributed by atoms with E-state index in [0.29, 0.717) is 30.3 Å². The van der Waals surface area contributed by atoms with Gasteiger partial charge in [-0.25, -0.2) is 4.79 Å². The van der Waals surface area contributed by atoms with Crippen LogP contribution in [-0.2, 0) is 9.53 Å². The monoisotopic (exact) mass is 425 g/mol. The van der Waals surface area contributed by atoms with E-state index in [1.807, 2.05) is 44.2 Å². The second-order valence-corrected chi connectivity index (χ2v) is 7.49. The Hall–Kier alpha value is -3.02. The molecule has 2 aromatic carbocycles. The van der Waals surface area contributed by atoms with Gasteiger partial charge in [-0.1, -0.05) is 37.5 Å². The Morgan fingerprint density at radius 3 is 2.26 bits per heavy atom. The van der Waals surface area contributed by atoms with Crippen LogP contribution < -0.4 is 14.4 Å². The summed E-state index contributed by atoms with van der Waals surface area (Å²) in [5.74, 6) is 0.291. The second kappa shape index (κ2) is 11.4. The first-order chi connectivity index (χ1) is 15.1. The van der Waals surface area contributed by atoms with Crippen molar-refractivity contribution in [3.05, 3.63) is 54.1 Å². The summed E-state index contributed by atoms with van der Waals surface area (Å²) >= 11 is 0. The van der Waals surface area contributed by atoms with Gasteiger partial charge in [0.2, 0.25) is 0 Å². The van der Waals surface area contributed by atoms with Gasteiger partial charge in [-0.05, 0) is 57.0 Å². The molecule has 1 aliphatic carbocycles. The number of esters is 1. The van der Waals surface area contributed by atoms with Gasteiger partial charge in [0, 0.05) is 11.7 Å². The summed E-state index contributed by atoms with van der Waals surface area (Å²) in [4.78, 5) is 27.5. The molecule has 2 aromatic rings. The Balaban J connectivity index is 1.70. The fourth-order valence-corrected chi connectivity index (χ4v) is 3.94. The van der Waals surface area contributed by atoms with Gasteiger partial charge in [-0.3, -0.25) is 4.79 Å². The standard InChI is InChI=1S/C25H31NO5/c1-3-29-22-16-15-19(17-23(22)30-4-2)25(28)31-18-24(27)26(20-11-7-5-8-12-20)21-13-9-6-10-14-21/h5,7-8,11-12,15-17,21H,3-4,6,9-10,13-14,18H2,1-2H3. The van der Waals surface area contributed by atoms with E-state index in [-0.39, 0.29) is 18.6 Å². The molecule has 0 bridgehead atoms. The van der Waals surface area contributed by atoms with Gasteiger partial charge in [-0.2, -0.15) is 0 Å². The van der Waals surface area contributed by atoms with Crippen molar-refractivity contribution in [3.8, 4) is 11.5 Å². The van der Waals surface area contributed by atoms with Crippen molar-refractivity contribution in [1.29, 1.82) is 0 Å². The number of carbonyl (C=O) groups excluding carboxylic acids is 2. The van der Waals surface area contributed by atoms with Gasteiger partial charge in [0.05, 0.1) is 18.8 Å². The highest BCUT2D eigenvalue weighted by atomic mass is 16.5. The third-order valence-corrected chi connectivity index (χ3v) is 5.35. The van der Waals surface area contributed by atoms with Crippen molar-refractivity contribution in [2.75, 3.05) is 24.7 Å². The number of hydrogen-bond donors (Lipinski definition) is 0. The van der Waals surface area contributed by atoms with E-state index in [1.54, 1.807) is 23.1 Å². The fourth-order valence-electron chi connectivity index (χ4n) is 3.94. The van der Waals surface area contributed by atoms with Crippen molar-refractivity contribution < 1.29 is 23.8 Å². The third-order valence-electron chi connectivity index (χ3n) is 5.35. The predicted octanol–water partition coefficient (Wildman–Crippen LogP) is 5.01. The molecule has 0 saturated heterocycles. The molecule has 1 saturated carbocycles. The summed E-state index contributed by atoms with van der Waals surface area (Å²) in [5.41, 5.74) is 1.17. The second-order valence-electron chi connectivity index (χ2n) is 7.49. The number of hydrogen-bond acceptors (Lipinski definition) is 5. The Labute approximate surface area is 184 Å². The number of rotatable bonds is 9.